The van der Waals surface area contributed by atoms with Crippen LogP contribution >= 0.6 is 15.9 Å². The van der Waals surface area contributed by atoms with Crippen molar-refractivity contribution in [2.24, 2.45) is 5.92 Å². The summed E-state index contributed by atoms with van der Waals surface area (Å²) >= 11 is 3.38. The molecule has 0 aromatic carbocycles. The third kappa shape index (κ3) is 5.99. The summed E-state index contributed by atoms with van der Waals surface area (Å²) in [6.45, 7) is 5.28. The molecule has 0 aliphatic carbocycles. The monoisotopic (exact) mass is 248 g/mol. The molecule has 0 fully saturated rings. The second kappa shape index (κ2) is 6.33. The minimum Gasteiger partial charge on any atom is -0.393 e. The molecular weight excluding hydrogens is 232 g/mol. The Bertz CT molecular complexity index is 197. The van der Waals surface area contributed by atoms with Crippen LogP contribution in [0.3, 0.4) is 0 Å². The first-order valence-electron chi connectivity index (χ1n) is 4.48. The molecule has 3 heteroatoms. The van der Waals surface area contributed by atoms with Crippen molar-refractivity contribution in [3.05, 3.63) is 10.6 Å². The van der Waals surface area contributed by atoms with Crippen LogP contribution in [0.5, 0.6) is 0 Å². The first kappa shape index (κ1) is 12.8. The standard InChI is InChI=1S/C10H17BrO2/c1-7(12)5-4-6-10(11)8(2)9(3)13/h6,8-9,13H,4-5H2,1-3H3/b10-6-/t8-,9-/m1/s1. The van der Waals surface area contributed by atoms with Crippen molar-refractivity contribution in [3.63, 3.8) is 0 Å². The molecule has 2 atom stereocenters. The van der Waals surface area contributed by atoms with E-state index in [-0.39, 0.29) is 17.8 Å². The molecule has 0 unspecified atom stereocenters. The average molecular weight is 249 g/mol. The Morgan fingerprint density at radius 3 is 2.46 bits per heavy atom. The highest BCUT2D eigenvalue weighted by atomic mass is 79.9. The molecule has 0 rings (SSSR count). The third-order valence-corrected chi connectivity index (χ3v) is 3.04. The van der Waals surface area contributed by atoms with E-state index in [4.69, 9.17) is 0 Å². The number of aliphatic hydroxyl groups is 1. The molecule has 0 amide bonds. The molecular formula is C10H17BrO2. The van der Waals surface area contributed by atoms with Crippen LogP contribution in [0.4, 0.5) is 0 Å². The smallest absolute Gasteiger partial charge is 0.130 e. The van der Waals surface area contributed by atoms with Gasteiger partial charge in [-0.05, 0) is 24.8 Å². The summed E-state index contributed by atoms with van der Waals surface area (Å²) < 4.78 is 0.976. The van der Waals surface area contributed by atoms with Gasteiger partial charge in [-0.15, -0.1) is 0 Å². The van der Waals surface area contributed by atoms with Crippen molar-refractivity contribution < 1.29 is 9.90 Å². The van der Waals surface area contributed by atoms with Crippen LogP contribution in [-0.2, 0) is 4.79 Å². The molecule has 2 nitrogen and oxygen atoms in total. The summed E-state index contributed by atoms with van der Waals surface area (Å²) in [6.07, 6.45) is 2.91. The molecule has 0 aliphatic rings. The lowest BCUT2D eigenvalue weighted by Crippen LogP contribution is -2.12. The fraction of sp³-hybridized carbons (Fsp3) is 0.700. The predicted octanol–water partition coefficient (Wildman–Crippen LogP) is 2.65. The van der Waals surface area contributed by atoms with Crippen LogP contribution in [0.2, 0.25) is 0 Å². The lowest BCUT2D eigenvalue weighted by Gasteiger charge is -2.13. The number of aliphatic hydroxyl groups excluding tert-OH is 1. The molecule has 76 valence electrons. The number of halogens is 1. The largest absolute Gasteiger partial charge is 0.393 e. The fourth-order valence-corrected chi connectivity index (χ4v) is 1.44. The number of hydrogen-bond acceptors (Lipinski definition) is 2. The van der Waals surface area contributed by atoms with Gasteiger partial charge < -0.3 is 9.90 Å². The highest BCUT2D eigenvalue weighted by Crippen LogP contribution is 2.21. The lowest BCUT2D eigenvalue weighted by molar-refractivity contribution is -0.116. The minimum absolute atomic E-state index is 0.104. The number of carbonyl (C=O) groups excluding carboxylic acids is 1. The Morgan fingerprint density at radius 2 is 2.08 bits per heavy atom. The van der Waals surface area contributed by atoms with Gasteiger partial charge in [0.05, 0.1) is 6.10 Å². The Labute approximate surface area is 88.2 Å². The van der Waals surface area contributed by atoms with Crippen molar-refractivity contribution in [2.75, 3.05) is 0 Å². The van der Waals surface area contributed by atoms with Gasteiger partial charge in [-0.3, -0.25) is 0 Å². The number of Topliss-reactive ketones (excluding diaryl/α,β-unsaturated/α-hetero) is 1. The summed E-state index contributed by atoms with van der Waals surface area (Å²) in [5.74, 6) is 0.299. The van der Waals surface area contributed by atoms with Crippen LogP contribution in [-0.4, -0.2) is 17.0 Å². The van der Waals surface area contributed by atoms with Crippen molar-refractivity contribution >= 4 is 21.7 Å². The maximum absolute atomic E-state index is 10.6. The summed E-state index contributed by atoms with van der Waals surface area (Å²) in [6, 6.07) is 0. The van der Waals surface area contributed by atoms with E-state index >= 15 is 0 Å². The zero-order chi connectivity index (χ0) is 10.4. The zero-order valence-electron chi connectivity index (χ0n) is 8.38. The van der Waals surface area contributed by atoms with Crippen molar-refractivity contribution in [1.29, 1.82) is 0 Å². The molecule has 0 aliphatic heterocycles. The van der Waals surface area contributed by atoms with E-state index in [9.17, 15) is 9.90 Å². The molecule has 0 saturated carbocycles. The second-order valence-electron chi connectivity index (χ2n) is 3.36. The number of hydrogen-bond donors (Lipinski definition) is 1. The number of allylic oxidation sites excluding steroid dienone is 1. The number of ketones is 1. The summed E-state index contributed by atoms with van der Waals surface area (Å²) in [7, 11) is 0. The van der Waals surface area contributed by atoms with Gasteiger partial charge in [0.15, 0.2) is 0 Å². The first-order chi connectivity index (χ1) is 5.95. The summed E-state index contributed by atoms with van der Waals surface area (Å²) in [5, 5.41) is 9.26. The van der Waals surface area contributed by atoms with Gasteiger partial charge >= 0.3 is 0 Å². The van der Waals surface area contributed by atoms with Gasteiger partial charge in [0.1, 0.15) is 5.78 Å². The van der Waals surface area contributed by atoms with Crippen LogP contribution < -0.4 is 0 Å². The van der Waals surface area contributed by atoms with E-state index in [2.05, 4.69) is 15.9 Å². The number of rotatable bonds is 5. The summed E-state index contributed by atoms with van der Waals surface area (Å²) in [5.41, 5.74) is 0. The maximum Gasteiger partial charge on any atom is 0.130 e. The van der Waals surface area contributed by atoms with E-state index in [1.165, 1.54) is 0 Å². The molecule has 0 heterocycles. The van der Waals surface area contributed by atoms with Gasteiger partial charge in [0.2, 0.25) is 0 Å². The third-order valence-electron chi connectivity index (χ3n) is 1.99. The van der Waals surface area contributed by atoms with E-state index in [0.717, 1.165) is 10.9 Å². The van der Waals surface area contributed by atoms with Gasteiger partial charge in [-0.25, -0.2) is 0 Å². The van der Waals surface area contributed by atoms with Crippen LogP contribution in [0, 0.1) is 5.92 Å². The van der Waals surface area contributed by atoms with Gasteiger partial charge in [0, 0.05) is 12.3 Å². The Morgan fingerprint density at radius 1 is 1.54 bits per heavy atom. The minimum atomic E-state index is -0.358. The number of carbonyl (C=O) groups is 1. The molecule has 0 bridgehead atoms. The van der Waals surface area contributed by atoms with Crippen molar-refractivity contribution in [3.8, 4) is 0 Å². The zero-order valence-corrected chi connectivity index (χ0v) is 9.97. The van der Waals surface area contributed by atoms with Gasteiger partial charge in [-0.1, -0.05) is 28.9 Å². The lowest BCUT2D eigenvalue weighted by atomic mass is 10.1. The van der Waals surface area contributed by atoms with E-state index in [1.54, 1.807) is 13.8 Å². The van der Waals surface area contributed by atoms with Crippen LogP contribution in [0.1, 0.15) is 33.6 Å². The highest BCUT2D eigenvalue weighted by Gasteiger charge is 2.11. The SMILES string of the molecule is CC(=O)CC/C=C(\Br)[C@H](C)[C@@H](C)O. The Hall–Kier alpha value is -0.150. The Kier molecular flexibility index (Phi) is 6.25. The highest BCUT2D eigenvalue weighted by molar-refractivity contribution is 9.11. The average Bonchev–Trinajstić information content (AvgIpc) is 2.02. The van der Waals surface area contributed by atoms with Crippen LogP contribution in [0.25, 0.3) is 0 Å². The summed E-state index contributed by atoms with van der Waals surface area (Å²) in [4.78, 5) is 10.6. The Balaban J connectivity index is 3.94. The van der Waals surface area contributed by atoms with Crippen molar-refractivity contribution in [2.45, 2.75) is 39.7 Å². The fourth-order valence-electron chi connectivity index (χ4n) is 0.830. The normalized spacial score (nSPS) is 16.8. The maximum atomic E-state index is 10.6. The molecule has 0 spiro atoms. The molecule has 0 radical (unpaired) electrons. The van der Waals surface area contributed by atoms with E-state index in [1.807, 2.05) is 13.0 Å². The topological polar surface area (TPSA) is 37.3 Å². The van der Waals surface area contributed by atoms with Gasteiger partial charge in [0.25, 0.3) is 0 Å². The molecule has 0 aromatic heterocycles. The molecule has 0 saturated heterocycles. The first-order valence-corrected chi connectivity index (χ1v) is 5.27. The molecule has 1 N–H and O–H groups in total. The second-order valence-corrected chi connectivity index (χ2v) is 4.27. The quantitative estimate of drug-likeness (QED) is 0.813. The van der Waals surface area contributed by atoms with Gasteiger partial charge in [-0.2, -0.15) is 0 Å². The van der Waals surface area contributed by atoms with Crippen molar-refractivity contribution in [1.82, 2.24) is 0 Å². The van der Waals surface area contributed by atoms with E-state index < -0.39 is 0 Å². The van der Waals surface area contributed by atoms with Crippen LogP contribution in [0.15, 0.2) is 10.6 Å². The molecule has 13 heavy (non-hydrogen) atoms. The van der Waals surface area contributed by atoms with E-state index in [0.29, 0.717) is 6.42 Å². The predicted molar refractivity (Wildman–Crippen MR) is 57.8 cm³/mol. The molecule has 0 aromatic rings.